The van der Waals surface area contributed by atoms with E-state index in [2.05, 4.69) is 0 Å². The lowest BCUT2D eigenvalue weighted by molar-refractivity contribution is -0.385. The Balaban J connectivity index is 2.72. The number of rotatable bonds is 7. The average Bonchev–Trinajstić information content (AvgIpc) is 2.33. The molecule has 1 N–H and O–H groups in total. The highest BCUT2D eigenvalue weighted by molar-refractivity contribution is 7.90. The minimum absolute atomic E-state index is 0.0325. The van der Waals surface area contributed by atoms with Gasteiger partial charge in [-0.1, -0.05) is 0 Å². The van der Waals surface area contributed by atoms with Crippen molar-refractivity contribution in [3.8, 4) is 5.75 Å². The molecule has 0 saturated carbocycles. The van der Waals surface area contributed by atoms with Crippen molar-refractivity contribution in [1.82, 2.24) is 0 Å². The zero-order valence-electron chi connectivity index (χ0n) is 10.4. The third-order valence-electron chi connectivity index (χ3n) is 2.32. The maximum absolute atomic E-state index is 10.9. The Morgan fingerprint density at radius 1 is 1.42 bits per heavy atom. The smallest absolute Gasteiger partial charge is 0.310 e. The number of hydrogen-bond acceptors (Lipinski definition) is 6. The Hall–Kier alpha value is -1.67. The molecule has 7 nitrogen and oxygen atoms in total. The quantitative estimate of drug-likeness (QED) is 0.454. The molecule has 0 bridgehead atoms. The van der Waals surface area contributed by atoms with Crippen molar-refractivity contribution in [1.29, 1.82) is 0 Å². The number of hydrogen-bond donors (Lipinski definition) is 1. The van der Waals surface area contributed by atoms with Crippen molar-refractivity contribution < 1.29 is 23.2 Å². The molecule has 0 aromatic heterocycles. The molecule has 1 rings (SSSR count). The summed E-state index contributed by atoms with van der Waals surface area (Å²) < 4.78 is 27.1. The molecule has 0 radical (unpaired) electrons. The first-order chi connectivity index (χ1) is 8.83. The number of aliphatic hydroxyl groups excluding tert-OH is 1. The van der Waals surface area contributed by atoms with E-state index in [1.165, 1.54) is 18.2 Å². The summed E-state index contributed by atoms with van der Waals surface area (Å²) in [5.74, 6) is -0.00873. The topological polar surface area (TPSA) is 107 Å². The van der Waals surface area contributed by atoms with Gasteiger partial charge in [0.2, 0.25) is 0 Å². The first-order valence-corrected chi connectivity index (χ1v) is 7.58. The van der Waals surface area contributed by atoms with Gasteiger partial charge >= 0.3 is 5.69 Å². The summed E-state index contributed by atoms with van der Waals surface area (Å²) in [7, 11) is -3.07. The second kappa shape index (κ2) is 6.48. The number of sulfone groups is 1. The molecular weight excluding hydrogens is 274 g/mol. The Bertz CT molecular complexity index is 554. The summed E-state index contributed by atoms with van der Waals surface area (Å²) in [5, 5.41) is 19.7. The number of ether oxygens (including phenoxy) is 1. The zero-order valence-corrected chi connectivity index (χ0v) is 11.2. The Morgan fingerprint density at radius 3 is 2.63 bits per heavy atom. The van der Waals surface area contributed by atoms with Crippen LogP contribution >= 0.6 is 0 Å². The average molecular weight is 289 g/mol. The summed E-state index contributed by atoms with van der Waals surface area (Å²) in [6.07, 6.45) is 1.36. The highest BCUT2D eigenvalue weighted by atomic mass is 32.2. The molecule has 0 atom stereocenters. The molecule has 19 heavy (non-hydrogen) atoms. The van der Waals surface area contributed by atoms with E-state index in [4.69, 9.17) is 9.84 Å². The van der Waals surface area contributed by atoms with Gasteiger partial charge in [-0.05, 0) is 24.1 Å². The first kappa shape index (κ1) is 15.4. The molecule has 0 saturated heterocycles. The Labute approximate surface area is 110 Å². The third-order valence-corrected chi connectivity index (χ3v) is 3.35. The van der Waals surface area contributed by atoms with Crippen LogP contribution < -0.4 is 4.74 Å². The van der Waals surface area contributed by atoms with E-state index >= 15 is 0 Å². The maximum atomic E-state index is 10.9. The van der Waals surface area contributed by atoms with Crippen molar-refractivity contribution in [3.63, 3.8) is 0 Å². The van der Waals surface area contributed by atoms with Crippen LogP contribution in [0.2, 0.25) is 0 Å². The van der Waals surface area contributed by atoms with Crippen LogP contribution in [-0.4, -0.2) is 37.1 Å². The molecule has 0 fully saturated rings. The predicted molar refractivity (Wildman–Crippen MR) is 68.8 cm³/mol. The Morgan fingerprint density at radius 2 is 2.11 bits per heavy atom. The molecule has 0 amide bonds. The molecule has 1 aromatic rings. The van der Waals surface area contributed by atoms with E-state index in [-0.39, 0.29) is 36.8 Å². The Kier molecular flexibility index (Phi) is 5.25. The van der Waals surface area contributed by atoms with Gasteiger partial charge in [0.05, 0.1) is 23.9 Å². The molecule has 1 aromatic carbocycles. The molecule has 0 heterocycles. The molecule has 106 valence electrons. The van der Waals surface area contributed by atoms with Gasteiger partial charge in [-0.3, -0.25) is 10.1 Å². The van der Waals surface area contributed by atoms with Crippen LogP contribution in [0.4, 0.5) is 5.69 Å². The normalized spacial score (nSPS) is 11.3. The van der Waals surface area contributed by atoms with E-state index in [0.717, 1.165) is 6.26 Å². The number of nitro groups is 1. The third kappa shape index (κ3) is 5.23. The summed E-state index contributed by atoms with van der Waals surface area (Å²) in [4.78, 5) is 10.2. The highest BCUT2D eigenvalue weighted by Gasteiger charge is 2.15. The molecular formula is C11H15NO6S. The molecule has 0 unspecified atom stereocenters. The first-order valence-electron chi connectivity index (χ1n) is 5.52. The largest absolute Gasteiger partial charge is 0.487 e. The van der Waals surface area contributed by atoms with E-state index in [0.29, 0.717) is 5.56 Å². The highest BCUT2D eigenvalue weighted by Crippen LogP contribution is 2.28. The van der Waals surface area contributed by atoms with E-state index in [9.17, 15) is 18.5 Å². The van der Waals surface area contributed by atoms with Gasteiger partial charge in [-0.15, -0.1) is 0 Å². The lowest BCUT2D eigenvalue weighted by Crippen LogP contribution is -2.08. The van der Waals surface area contributed by atoms with Crippen LogP contribution in [-0.2, 0) is 16.4 Å². The van der Waals surface area contributed by atoms with Crippen molar-refractivity contribution >= 4 is 15.5 Å². The van der Waals surface area contributed by atoms with Crippen LogP contribution in [0, 0.1) is 10.1 Å². The summed E-state index contributed by atoms with van der Waals surface area (Å²) >= 11 is 0. The lowest BCUT2D eigenvalue weighted by atomic mass is 10.2. The molecule has 8 heteroatoms. The second-order valence-corrected chi connectivity index (χ2v) is 6.31. The van der Waals surface area contributed by atoms with Crippen LogP contribution in [0.1, 0.15) is 12.0 Å². The fourth-order valence-electron chi connectivity index (χ4n) is 1.43. The molecule has 0 spiro atoms. The number of nitrogens with zero attached hydrogens (tertiary/aromatic N) is 1. The monoisotopic (exact) mass is 289 g/mol. The fraction of sp³-hybridized carbons (Fsp3) is 0.455. The molecule has 0 aliphatic carbocycles. The molecule has 0 aliphatic rings. The van der Waals surface area contributed by atoms with Crippen LogP contribution in [0.5, 0.6) is 5.75 Å². The number of aliphatic hydroxyl groups is 1. The summed E-state index contributed by atoms with van der Waals surface area (Å²) in [6, 6.07) is 4.05. The van der Waals surface area contributed by atoms with Crippen LogP contribution in [0.15, 0.2) is 18.2 Å². The minimum atomic E-state index is -3.07. The second-order valence-electron chi connectivity index (χ2n) is 4.05. The van der Waals surface area contributed by atoms with E-state index in [1.807, 2.05) is 0 Å². The van der Waals surface area contributed by atoms with E-state index < -0.39 is 14.8 Å². The van der Waals surface area contributed by atoms with Crippen molar-refractivity contribution in [3.05, 3.63) is 33.9 Å². The van der Waals surface area contributed by atoms with Crippen LogP contribution in [0.25, 0.3) is 0 Å². The fourth-order valence-corrected chi connectivity index (χ4v) is 2.07. The number of benzene rings is 1. The van der Waals surface area contributed by atoms with Gasteiger partial charge in [-0.25, -0.2) is 8.42 Å². The van der Waals surface area contributed by atoms with Crippen molar-refractivity contribution in [2.75, 3.05) is 18.6 Å². The lowest BCUT2D eigenvalue weighted by Gasteiger charge is -2.07. The zero-order chi connectivity index (χ0) is 14.5. The summed E-state index contributed by atoms with van der Waals surface area (Å²) in [6.45, 7) is -0.194. The van der Waals surface area contributed by atoms with Crippen molar-refractivity contribution in [2.45, 2.75) is 13.0 Å². The van der Waals surface area contributed by atoms with Gasteiger partial charge in [0, 0.05) is 12.3 Å². The summed E-state index contributed by atoms with van der Waals surface area (Å²) in [5.41, 5.74) is 0.278. The minimum Gasteiger partial charge on any atom is -0.487 e. The van der Waals surface area contributed by atoms with Crippen molar-refractivity contribution in [2.24, 2.45) is 0 Å². The van der Waals surface area contributed by atoms with Crippen LogP contribution in [0.3, 0.4) is 0 Å². The maximum Gasteiger partial charge on any atom is 0.310 e. The van der Waals surface area contributed by atoms with Gasteiger partial charge in [-0.2, -0.15) is 0 Å². The molecule has 0 aliphatic heterocycles. The van der Waals surface area contributed by atoms with Gasteiger partial charge in [0.15, 0.2) is 5.75 Å². The SMILES string of the molecule is CS(=O)(=O)CCCOc1cc(CO)ccc1[N+](=O)[O-]. The standard InChI is InChI=1S/C11H15NO6S/c1-19(16,17)6-2-5-18-11-7-9(8-13)3-4-10(11)12(14)15/h3-4,7,13H,2,5-6,8H2,1H3. The van der Waals surface area contributed by atoms with Gasteiger partial charge in [0.25, 0.3) is 0 Å². The van der Waals surface area contributed by atoms with Gasteiger partial charge < -0.3 is 9.84 Å². The van der Waals surface area contributed by atoms with Gasteiger partial charge in [0.1, 0.15) is 9.84 Å². The predicted octanol–water partition coefficient (Wildman–Crippen LogP) is 0.901. The number of nitro benzene ring substituents is 1. The van der Waals surface area contributed by atoms with E-state index in [1.54, 1.807) is 0 Å².